The molecule has 32 heavy (non-hydrogen) atoms. The highest BCUT2D eigenvalue weighted by Gasteiger charge is 2.12. The van der Waals surface area contributed by atoms with Crippen LogP contribution in [0.25, 0.3) is 33.2 Å². The standard InChI is InChI=1S/C25H18N6O/c1-2-6-17(7-3-1)32-18-8-9-20-21(13-18)30-25(29-20)31-22-15-28-23-19(10-12-27-24(22)23)16-5-4-11-26-14-16/h1-15,28H,(H2,29,30,31). The third-order valence-electron chi connectivity index (χ3n) is 5.23. The van der Waals surface area contributed by atoms with Gasteiger partial charge in [-0.25, -0.2) is 4.98 Å². The molecule has 2 aromatic carbocycles. The zero-order valence-electron chi connectivity index (χ0n) is 16.9. The van der Waals surface area contributed by atoms with Gasteiger partial charge >= 0.3 is 0 Å². The van der Waals surface area contributed by atoms with Crippen LogP contribution in [0, 0.1) is 0 Å². The van der Waals surface area contributed by atoms with E-state index in [0.29, 0.717) is 5.95 Å². The van der Waals surface area contributed by atoms with Gasteiger partial charge < -0.3 is 20.0 Å². The average Bonchev–Trinajstić information content (AvgIpc) is 3.44. The van der Waals surface area contributed by atoms with Crippen LogP contribution in [0.5, 0.6) is 11.5 Å². The molecule has 7 nitrogen and oxygen atoms in total. The summed E-state index contributed by atoms with van der Waals surface area (Å²) >= 11 is 0. The Morgan fingerprint density at radius 1 is 0.875 bits per heavy atom. The monoisotopic (exact) mass is 418 g/mol. The minimum absolute atomic E-state index is 0.631. The first kappa shape index (κ1) is 18.1. The lowest BCUT2D eigenvalue weighted by molar-refractivity contribution is 0.483. The van der Waals surface area contributed by atoms with E-state index in [9.17, 15) is 0 Å². The maximum absolute atomic E-state index is 5.92. The van der Waals surface area contributed by atoms with Crippen LogP contribution in [0.4, 0.5) is 11.6 Å². The zero-order valence-corrected chi connectivity index (χ0v) is 16.9. The van der Waals surface area contributed by atoms with Crippen molar-refractivity contribution in [1.82, 2.24) is 24.9 Å². The van der Waals surface area contributed by atoms with E-state index in [1.807, 2.05) is 79.1 Å². The number of hydrogen-bond donors (Lipinski definition) is 3. The van der Waals surface area contributed by atoms with Crippen molar-refractivity contribution in [1.29, 1.82) is 0 Å². The molecule has 6 rings (SSSR count). The minimum Gasteiger partial charge on any atom is -0.457 e. The molecule has 0 aliphatic rings. The quantitative estimate of drug-likeness (QED) is 0.318. The summed E-state index contributed by atoms with van der Waals surface area (Å²) in [6, 6.07) is 21.4. The first-order valence-corrected chi connectivity index (χ1v) is 10.2. The number of rotatable bonds is 5. The van der Waals surface area contributed by atoms with E-state index < -0.39 is 0 Å². The largest absolute Gasteiger partial charge is 0.457 e. The molecule has 0 saturated heterocycles. The van der Waals surface area contributed by atoms with Gasteiger partial charge in [-0.1, -0.05) is 24.3 Å². The fraction of sp³-hybridized carbons (Fsp3) is 0. The average molecular weight is 418 g/mol. The molecular formula is C25H18N6O. The van der Waals surface area contributed by atoms with Crippen molar-refractivity contribution in [3.05, 3.63) is 91.5 Å². The van der Waals surface area contributed by atoms with Crippen LogP contribution < -0.4 is 10.1 Å². The molecule has 0 saturated carbocycles. The van der Waals surface area contributed by atoms with E-state index in [4.69, 9.17) is 4.74 Å². The second kappa shape index (κ2) is 7.55. The normalized spacial score (nSPS) is 11.1. The Labute approximate surface area is 183 Å². The molecule has 0 aliphatic heterocycles. The number of imidazole rings is 1. The Morgan fingerprint density at radius 2 is 1.81 bits per heavy atom. The molecule has 6 aromatic rings. The van der Waals surface area contributed by atoms with Crippen molar-refractivity contribution in [2.75, 3.05) is 5.32 Å². The maximum Gasteiger partial charge on any atom is 0.205 e. The Kier molecular flexibility index (Phi) is 4.28. The van der Waals surface area contributed by atoms with Gasteiger partial charge in [0.05, 0.1) is 22.2 Å². The molecule has 4 heterocycles. The number of pyridine rings is 2. The van der Waals surface area contributed by atoms with Crippen molar-refractivity contribution < 1.29 is 4.74 Å². The van der Waals surface area contributed by atoms with Crippen LogP contribution in [0.15, 0.2) is 91.5 Å². The van der Waals surface area contributed by atoms with Gasteiger partial charge in [0.1, 0.15) is 17.0 Å². The number of H-pyrrole nitrogens is 2. The first-order valence-electron chi connectivity index (χ1n) is 10.2. The van der Waals surface area contributed by atoms with E-state index in [2.05, 4.69) is 30.2 Å². The molecule has 3 N–H and O–H groups in total. The lowest BCUT2D eigenvalue weighted by atomic mass is 10.1. The first-order chi connectivity index (χ1) is 15.8. The van der Waals surface area contributed by atoms with Gasteiger partial charge in [-0.3, -0.25) is 9.97 Å². The van der Waals surface area contributed by atoms with E-state index in [1.54, 1.807) is 12.4 Å². The Balaban J connectivity index is 1.31. The van der Waals surface area contributed by atoms with Crippen LogP contribution in [0.3, 0.4) is 0 Å². The Morgan fingerprint density at radius 3 is 2.69 bits per heavy atom. The topological polar surface area (TPSA) is 91.5 Å². The molecule has 0 radical (unpaired) electrons. The van der Waals surface area contributed by atoms with Gasteiger partial charge in [0.2, 0.25) is 5.95 Å². The fourth-order valence-electron chi connectivity index (χ4n) is 3.74. The van der Waals surface area contributed by atoms with Crippen molar-refractivity contribution in [2.45, 2.75) is 0 Å². The van der Waals surface area contributed by atoms with Gasteiger partial charge in [0.25, 0.3) is 0 Å². The fourth-order valence-corrected chi connectivity index (χ4v) is 3.74. The molecule has 0 bridgehead atoms. The number of hydrogen-bond acceptors (Lipinski definition) is 5. The minimum atomic E-state index is 0.631. The predicted octanol–water partition coefficient (Wildman–Crippen LogP) is 6.04. The predicted molar refractivity (Wildman–Crippen MR) is 125 cm³/mol. The summed E-state index contributed by atoms with van der Waals surface area (Å²) < 4.78 is 5.92. The molecule has 0 spiro atoms. The lowest BCUT2D eigenvalue weighted by Crippen LogP contribution is -1.92. The van der Waals surface area contributed by atoms with Gasteiger partial charge in [0, 0.05) is 42.0 Å². The number of para-hydroxylation sites is 1. The van der Waals surface area contributed by atoms with Crippen molar-refractivity contribution in [3.8, 4) is 22.6 Å². The second-order valence-electron chi connectivity index (χ2n) is 7.33. The number of nitrogens with one attached hydrogen (secondary N) is 3. The highest BCUT2D eigenvalue weighted by molar-refractivity contribution is 5.99. The highest BCUT2D eigenvalue weighted by atomic mass is 16.5. The van der Waals surface area contributed by atoms with Crippen molar-refractivity contribution in [3.63, 3.8) is 0 Å². The molecular weight excluding hydrogens is 400 g/mol. The Bertz CT molecular complexity index is 1520. The number of ether oxygens (including phenoxy) is 1. The number of nitrogens with zero attached hydrogens (tertiary/aromatic N) is 3. The number of benzene rings is 2. The van der Waals surface area contributed by atoms with Gasteiger partial charge in [0.15, 0.2) is 0 Å². The van der Waals surface area contributed by atoms with E-state index in [-0.39, 0.29) is 0 Å². The zero-order chi connectivity index (χ0) is 21.3. The Hall–Kier alpha value is -4.65. The number of aromatic amines is 2. The molecule has 154 valence electrons. The summed E-state index contributed by atoms with van der Waals surface area (Å²) in [6.07, 6.45) is 7.31. The third kappa shape index (κ3) is 3.31. The maximum atomic E-state index is 5.92. The van der Waals surface area contributed by atoms with Crippen molar-refractivity contribution >= 4 is 33.7 Å². The van der Waals surface area contributed by atoms with Crippen molar-refractivity contribution in [2.24, 2.45) is 0 Å². The number of anilines is 2. The molecule has 7 heteroatoms. The molecule has 0 fully saturated rings. The summed E-state index contributed by atoms with van der Waals surface area (Å²) in [5.74, 6) is 2.15. The van der Waals surface area contributed by atoms with Gasteiger partial charge in [-0.05, 0) is 36.4 Å². The van der Waals surface area contributed by atoms with Crippen LogP contribution in [0.1, 0.15) is 0 Å². The van der Waals surface area contributed by atoms with Crippen LogP contribution in [-0.4, -0.2) is 24.9 Å². The smallest absolute Gasteiger partial charge is 0.205 e. The van der Waals surface area contributed by atoms with Gasteiger partial charge in [-0.2, -0.15) is 0 Å². The van der Waals surface area contributed by atoms with Crippen LogP contribution >= 0.6 is 0 Å². The molecule has 0 aliphatic carbocycles. The second-order valence-corrected chi connectivity index (χ2v) is 7.33. The summed E-state index contributed by atoms with van der Waals surface area (Å²) in [5.41, 5.74) is 6.41. The molecule has 4 aromatic heterocycles. The SMILES string of the molecule is c1ccc(Oc2ccc3[nH]c(Nc4c[nH]c5c(-c6cccnc6)ccnc45)nc3c2)cc1. The summed E-state index contributed by atoms with van der Waals surface area (Å²) in [4.78, 5) is 20.1. The summed E-state index contributed by atoms with van der Waals surface area (Å²) in [5, 5.41) is 3.35. The number of aromatic nitrogens is 5. The van der Waals surface area contributed by atoms with Crippen LogP contribution in [-0.2, 0) is 0 Å². The van der Waals surface area contributed by atoms with E-state index >= 15 is 0 Å². The third-order valence-corrected chi connectivity index (χ3v) is 5.23. The molecule has 0 amide bonds. The highest BCUT2D eigenvalue weighted by Crippen LogP contribution is 2.32. The number of fused-ring (bicyclic) bond motifs is 2. The lowest BCUT2D eigenvalue weighted by Gasteiger charge is -2.04. The van der Waals surface area contributed by atoms with E-state index in [1.165, 1.54) is 0 Å². The molecule has 0 atom stereocenters. The summed E-state index contributed by atoms with van der Waals surface area (Å²) in [6.45, 7) is 0. The van der Waals surface area contributed by atoms with E-state index in [0.717, 1.165) is 50.4 Å². The van der Waals surface area contributed by atoms with Crippen LogP contribution in [0.2, 0.25) is 0 Å². The summed E-state index contributed by atoms with van der Waals surface area (Å²) in [7, 11) is 0. The van der Waals surface area contributed by atoms with Gasteiger partial charge in [-0.15, -0.1) is 0 Å². The molecule has 0 unspecified atom stereocenters.